The predicted molar refractivity (Wildman–Crippen MR) is 105 cm³/mol. The highest BCUT2D eigenvalue weighted by Gasteiger charge is 2.17. The van der Waals surface area contributed by atoms with Crippen molar-refractivity contribution >= 4 is 10.0 Å². The Balaban J connectivity index is 2.08. The summed E-state index contributed by atoms with van der Waals surface area (Å²) >= 11 is 0. The highest BCUT2D eigenvalue weighted by atomic mass is 32.2. The van der Waals surface area contributed by atoms with Gasteiger partial charge in [-0.2, -0.15) is 0 Å². The van der Waals surface area contributed by atoms with Gasteiger partial charge in [0.25, 0.3) is 0 Å². The number of benzene rings is 2. The van der Waals surface area contributed by atoms with Crippen LogP contribution in [0.1, 0.15) is 31.9 Å². The van der Waals surface area contributed by atoms with Crippen LogP contribution in [0.3, 0.4) is 0 Å². The first-order valence-corrected chi connectivity index (χ1v) is 10.5. The van der Waals surface area contributed by atoms with E-state index in [4.69, 9.17) is 14.2 Å². The largest absolute Gasteiger partial charge is 0.490 e. The molecule has 0 saturated carbocycles. The second-order valence-electron chi connectivity index (χ2n) is 5.75. The smallest absolute Gasteiger partial charge is 0.241 e. The molecule has 0 amide bonds. The van der Waals surface area contributed by atoms with Crippen LogP contribution in [0.4, 0.5) is 0 Å². The van der Waals surface area contributed by atoms with Crippen molar-refractivity contribution < 1.29 is 22.6 Å². The van der Waals surface area contributed by atoms with E-state index in [-0.39, 0.29) is 11.4 Å². The van der Waals surface area contributed by atoms with Gasteiger partial charge in [-0.05, 0) is 44.0 Å². The Bertz CT molecular complexity index is 819. The molecule has 1 N–H and O–H groups in total. The van der Waals surface area contributed by atoms with E-state index >= 15 is 0 Å². The van der Waals surface area contributed by atoms with Crippen LogP contribution in [0.15, 0.2) is 47.4 Å². The van der Waals surface area contributed by atoms with Crippen LogP contribution >= 0.6 is 0 Å². The molecule has 0 fully saturated rings. The average molecular weight is 394 g/mol. The Kier molecular flexibility index (Phi) is 8.09. The van der Waals surface area contributed by atoms with Gasteiger partial charge in [0.1, 0.15) is 0 Å². The molecule has 7 heteroatoms. The summed E-state index contributed by atoms with van der Waals surface area (Å²) in [6.45, 7) is 7.96. The number of rotatable bonds is 11. The first kappa shape index (κ1) is 21.2. The Morgan fingerprint density at radius 3 is 2.07 bits per heavy atom. The molecule has 0 aliphatic heterocycles. The lowest BCUT2D eigenvalue weighted by Gasteiger charge is -2.13. The summed E-state index contributed by atoms with van der Waals surface area (Å²) in [7, 11) is -3.67. The van der Waals surface area contributed by atoms with Gasteiger partial charge in [-0.1, -0.05) is 24.3 Å². The van der Waals surface area contributed by atoms with Crippen molar-refractivity contribution in [3.63, 3.8) is 0 Å². The van der Waals surface area contributed by atoms with Crippen molar-refractivity contribution in [1.29, 1.82) is 0 Å². The predicted octanol–water partition coefficient (Wildman–Crippen LogP) is 3.50. The van der Waals surface area contributed by atoms with Crippen LogP contribution in [0, 0.1) is 0 Å². The molecule has 2 rings (SSSR count). The van der Waals surface area contributed by atoms with E-state index in [1.165, 1.54) is 12.1 Å². The van der Waals surface area contributed by atoms with Crippen LogP contribution in [0.2, 0.25) is 0 Å². The molecule has 148 valence electrons. The van der Waals surface area contributed by atoms with Gasteiger partial charge in [0.2, 0.25) is 10.0 Å². The number of hydrogen-bond donors (Lipinski definition) is 1. The van der Waals surface area contributed by atoms with Gasteiger partial charge in [-0.15, -0.1) is 0 Å². The molecule has 0 aliphatic rings. The fourth-order valence-electron chi connectivity index (χ4n) is 2.43. The van der Waals surface area contributed by atoms with E-state index in [0.717, 1.165) is 11.1 Å². The summed E-state index contributed by atoms with van der Waals surface area (Å²) in [5.41, 5.74) is 1.92. The van der Waals surface area contributed by atoms with Crippen LogP contribution in [0.25, 0.3) is 0 Å². The molecule has 0 radical (unpaired) electrons. The average Bonchev–Trinajstić information content (AvgIpc) is 2.67. The summed E-state index contributed by atoms with van der Waals surface area (Å²) < 4.78 is 44.2. The molecular formula is C20H27NO5S. The monoisotopic (exact) mass is 393 g/mol. The molecule has 0 aliphatic carbocycles. The maximum absolute atomic E-state index is 12.6. The molecule has 2 aromatic rings. The minimum absolute atomic E-state index is 0.141. The summed E-state index contributed by atoms with van der Waals surface area (Å²) in [6, 6.07) is 12.3. The summed E-state index contributed by atoms with van der Waals surface area (Å²) in [4.78, 5) is 0.141. The minimum Gasteiger partial charge on any atom is -0.490 e. The third kappa shape index (κ3) is 6.23. The maximum Gasteiger partial charge on any atom is 0.241 e. The standard InChI is InChI=1S/C20H27NO5S/c1-4-24-15-17-9-7-16(8-10-17)14-21-27(22,23)18-11-12-19(25-5-2)20(13-18)26-6-3/h7-13,21H,4-6,14-15H2,1-3H3. The molecule has 0 spiro atoms. The molecule has 0 aromatic heterocycles. The zero-order valence-corrected chi connectivity index (χ0v) is 16.8. The summed E-state index contributed by atoms with van der Waals surface area (Å²) in [5.74, 6) is 0.950. The van der Waals surface area contributed by atoms with Crippen molar-refractivity contribution in [2.45, 2.75) is 38.8 Å². The molecule has 0 unspecified atom stereocenters. The van der Waals surface area contributed by atoms with Gasteiger partial charge in [0, 0.05) is 19.2 Å². The normalized spacial score (nSPS) is 11.4. The van der Waals surface area contributed by atoms with Gasteiger partial charge < -0.3 is 14.2 Å². The zero-order valence-electron chi connectivity index (χ0n) is 16.0. The van der Waals surface area contributed by atoms with E-state index in [1.807, 2.05) is 45.0 Å². The maximum atomic E-state index is 12.6. The molecule has 2 aromatic carbocycles. The van der Waals surface area contributed by atoms with E-state index in [2.05, 4.69) is 4.72 Å². The van der Waals surface area contributed by atoms with Crippen LogP contribution in [0.5, 0.6) is 11.5 Å². The van der Waals surface area contributed by atoms with Gasteiger partial charge in [0.15, 0.2) is 11.5 Å². The Morgan fingerprint density at radius 1 is 0.815 bits per heavy atom. The van der Waals surface area contributed by atoms with Crippen molar-refractivity contribution in [1.82, 2.24) is 4.72 Å². The van der Waals surface area contributed by atoms with Crippen molar-refractivity contribution in [3.8, 4) is 11.5 Å². The number of sulfonamides is 1. The molecule has 6 nitrogen and oxygen atoms in total. The fourth-order valence-corrected chi connectivity index (χ4v) is 3.47. The van der Waals surface area contributed by atoms with E-state index < -0.39 is 10.0 Å². The molecule has 0 bridgehead atoms. The molecular weight excluding hydrogens is 366 g/mol. The zero-order chi connectivity index (χ0) is 19.7. The van der Waals surface area contributed by atoms with Gasteiger partial charge in [-0.3, -0.25) is 0 Å². The lowest BCUT2D eigenvalue weighted by Crippen LogP contribution is -2.23. The Hall–Kier alpha value is -2.09. The fraction of sp³-hybridized carbons (Fsp3) is 0.400. The number of hydrogen-bond acceptors (Lipinski definition) is 5. The lowest BCUT2D eigenvalue weighted by atomic mass is 10.1. The van der Waals surface area contributed by atoms with Crippen LogP contribution in [-0.2, 0) is 27.9 Å². The second-order valence-corrected chi connectivity index (χ2v) is 7.52. The quantitative estimate of drug-likeness (QED) is 0.632. The molecule has 0 atom stereocenters. The van der Waals surface area contributed by atoms with E-state index in [0.29, 0.717) is 37.9 Å². The molecule has 27 heavy (non-hydrogen) atoms. The molecule has 0 heterocycles. The highest BCUT2D eigenvalue weighted by molar-refractivity contribution is 7.89. The second kappa shape index (κ2) is 10.3. The Morgan fingerprint density at radius 2 is 1.44 bits per heavy atom. The SMILES string of the molecule is CCOCc1ccc(CNS(=O)(=O)c2ccc(OCC)c(OCC)c2)cc1. The van der Waals surface area contributed by atoms with Crippen molar-refractivity contribution in [2.75, 3.05) is 19.8 Å². The van der Waals surface area contributed by atoms with E-state index in [9.17, 15) is 8.42 Å². The van der Waals surface area contributed by atoms with Gasteiger partial charge >= 0.3 is 0 Å². The first-order valence-electron chi connectivity index (χ1n) is 9.05. The van der Waals surface area contributed by atoms with Gasteiger partial charge in [0.05, 0.1) is 24.7 Å². The van der Waals surface area contributed by atoms with Crippen molar-refractivity contribution in [3.05, 3.63) is 53.6 Å². The lowest BCUT2D eigenvalue weighted by molar-refractivity contribution is 0.134. The van der Waals surface area contributed by atoms with Crippen LogP contribution in [-0.4, -0.2) is 28.2 Å². The Labute approximate surface area is 161 Å². The highest BCUT2D eigenvalue weighted by Crippen LogP contribution is 2.30. The third-order valence-corrected chi connectivity index (χ3v) is 5.19. The van der Waals surface area contributed by atoms with E-state index in [1.54, 1.807) is 6.07 Å². The summed E-state index contributed by atoms with van der Waals surface area (Å²) in [6.07, 6.45) is 0. The minimum atomic E-state index is -3.67. The number of ether oxygens (including phenoxy) is 3. The van der Waals surface area contributed by atoms with Crippen LogP contribution < -0.4 is 14.2 Å². The molecule has 0 saturated heterocycles. The summed E-state index contributed by atoms with van der Waals surface area (Å²) in [5, 5.41) is 0. The van der Waals surface area contributed by atoms with Crippen molar-refractivity contribution in [2.24, 2.45) is 0 Å². The van der Waals surface area contributed by atoms with Gasteiger partial charge in [-0.25, -0.2) is 13.1 Å². The first-order chi connectivity index (χ1) is 13.0. The number of nitrogens with one attached hydrogen (secondary N) is 1. The topological polar surface area (TPSA) is 73.9 Å². The third-order valence-electron chi connectivity index (χ3n) is 3.79.